The van der Waals surface area contributed by atoms with Gasteiger partial charge < -0.3 is 5.32 Å². The summed E-state index contributed by atoms with van der Waals surface area (Å²) in [7, 11) is 0. The maximum atomic E-state index is 3.46. The lowest BCUT2D eigenvalue weighted by molar-refractivity contribution is 0.641. The average Bonchev–Trinajstić information content (AvgIpc) is 2.13. The van der Waals surface area contributed by atoms with Gasteiger partial charge in [-0.05, 0) is 30.7 Å². The van der Waals surface area contributed by atoms with E-state index in [2.05, 4.69) is 52.4 Å². The highest BCUT2D eigenvalue weighted by molar-refractivity contribution is 9.10. The normalized spacial score (nSPS) is 10.3. The van der Waals surface area contributed by atoms with Crippen molar-refractivity contribution < 1.29 is 0 Å². The van der Waals surface area contributed by atoms with Gasteiger partial charge in [0.1, 0.15) is 0 Å². The van der Waals surface area contributed by atoms with Crippen LogP contribution in [0, 0.1) is 0 Å². The van der Waals surface area contributed by atoms with E-state index in [1.165, 1.54) is 18.4 Å². The minimum absolute atomic E-state index is 0.972. The second-order valence-electron chi connectivity index (χ2n) is 3.16. The first-order valence-corrected chi connectivity index (χ1v) is 5.57. The highest BCUT2D eigenvalue weighted by Gasteiger charge is 1.92. The molecule has 0 saturated heterocycles. The SMILES string of the molecule is CCCCNCc1cccc(Br)c1. The summed E-state index contributed by atoms with van der Waals surface area (Å²) in [6.45, 7) is 4.29. The molecule has 0 aromatic heterocycles. The summed E-state index contributed by atoms with van der Waals surface area (Å²) in [5, 5.41) is 3.41. The Labute approximate surface area is 88.7 Å². The molecule has 0 saturated carbocycles. The number of rotatable bonds is 5. The van der Waals surface area contributed by atoms with Gasteiger partial charge in [0, 0.05) is 11.0 Å². The fourth-order valence-corrected chi connectivity index (χ4v) is 1.63. The monoisotopic (exact) mass is 241 g/mol. The van der Waals surface area contributed by atoms with E-state index in [0.29, 0.717) is 0 Å². The molecule has 2 heteroatoms. The molecule has 0 aliphatic heterocycles. The van der Waals surface area contributed by atoms with Gasteiger partial charge in [-0.2, -0.15) is 0 Å². The van der Waals surface area contributed by atoms with E-state index < -0.39 is 0 Å². The molecule has 0 atom stereocenters. The Morgan fingerprint density at radius 3 is 2.92 bits per heavy atom. The molecule has 72 valence electrons. The average molecular weight is 242 g/mol. The van der Waals surface area contributed by atoms with E-state index in [1.54, 1.807) is 0 Å². The van der Waals surface area contributed by atoms with Crippen LogP contribution in [0.5, 0.6) is 0 Å². The number of unbranched alkanes of at least 4 members (excludes halogenated alkanes) is 1. The molecule has 1 rings (SSSR count). The van der Waals surface area contributed by atoms with Gasteiger partial charge in [-0.15, -0.1) is 0 Å². The highest BCUT2D eigenvalue weighted by atomic mass is 79.9. The van der Waals surface area contributed by atoms with Crippen LogP contribution in [-0.4, -0.2) is 6.54 Å². The van der Waals surface area contributed by atoms with E-state index in [-0.39, 0.29) is 0 Å². The molecule has 1 aromatic carbocycles. The van der Waals surface area contributed by atoms with Gasteiger partial charge in [0.25, 0.3) is 0 Å². The second kappa shape index (κ2) is 6.17. The van der Waals surface area contributed by atoms with Gasteiger partial charge in [-0.1, -0.05) is 41.4 Å². The van der Waals surface area contributed by atoms with E-state index in [1.807, 2.05) is 0 Å². The standard InChI is InChI=1S/C11H16BrN/c1-2-3-7-13-9-10-5-4-6-11(12)8-10/h4-6,8,13H,2-3,7,9H2,1H3. The Kier molecular flexibility index (Phi) is 5.09. The molecule has 0 unspecified atom stereocenters. The molecule has 0 fully saturated rings. The van der Waals surface area contributed by atoms with Crippen LogP contribution in [0.25, 0.3) is 0 Å². The second-order valence-corrected chi connectivity index (χ2v) is 4.08. The largest absolute Gasteiger partial charge is 0.313 e. The smallest absolute Gasteiger partial charge is 0.0205 e. The Morgan fingerprint density at radius 1 is 1.38 bits per heavy atom. The zero-order chi connectivity index (χ0) is 9.52. The predicted octanol–water partition coefficient (Wildman–Crippen LogP) is 3.34. The molecule has 0 aliphatic carbocycles. The quantitative estimate of drug-likeness (QED) is 0.781. The minimum Gasteiger partial charge on any atom is -0.313 e. The van der Waals surface area contributed by atoms with Crippen molar-refractivity contribution >= 4 is 15.9 Å². The van der Waals surface area contributed by atoms with E-state index >= 15 is 0 Å². The maximum Gasteiger partial charge on any atom is 0.0205 e. The van der Waals surface area contributed by atoms with Crippen LogP contribution in [0.3, 0.4) is 0 Å². The zero-order valence-electron chi connectivity index (χ0n) is 8.02. The Balaban J connectivity index is 2.28. The van der Waals surface area contributed by atoms with Crippen molar-refractivity contribution in [3.05, 3.63) is 34.3 Å². The molecule has 0 aliphatic rings. The van der Waals surface area contributed by atoms with Gasteiger partial charge in [0.15, 0.2) is 0 Å². The van der Waals surface area contributed by atoms with Crippen LogP contribution in [0.15, 0.2) is 28.7 Å². The maximum absolute atomic E-state index is 3.46. The summed E-state index contributed by atoms with van der Waals surface area (Å²) in [5.74, 6) is 0. The molecule has 0 radical (unpaired) electrons. The van der Waals surface area contributed by atoms with E-state index in [0.717, 1.165) is 17.6 Å². The number of nitrogens with one attached hydrogen (secondary N) is 1. The minimum atomic E-state index is 0.972. The number of halogens is 1. The van der Waals surface area contributed by atoms with Crippen LogP contribution in [0.2, 0.25) is 0 Å². The Hall–Kier alpha value is -0.340. The topological polar surface area (TPSA) is 12.0 Å². The van der Waals surface area contributed by atoms with Gasteiger partial charge in [-0.3, -0.25) is 0 Å². The van der Waals surface area contributed by atoms with Crippen LogP contribution in [0.1, 0.15) is 25.3 Å². The molecule has 0 spiro atoms. The first kappa shape index (κ1) is 10.7. The fourth-order valence-electron chi connectivity index (χ4n) is 1.18. The molecule has 1 aromatic rings. The third-order valence-corrected chi connectivity index (χ3v) is 2.42. The summed E-state index contributed by atoms with van der Waals surface area (Å²) in [6, 6.07) is 8.42. The van der Waals surface area contributed by atoms with Crippen molar-refractivity contribution in [1.82, 2.24) is 5.32 Å². The van der Waals surface area contributed by atoms with Crippen molar-refractivity contribution in [3.63, 3.8) is 0 Å². The van der Waals surface area contributed by atoms with E-state index in [4.69, 9.17) is 0 Å². The molecule has 1 nitrogen and oxygen atoms in total. The first-order valence-electron chi connectivity index (χ1n) is 4.78. The first-order chi connectivity index (χ1) is 6.33. The van der Waals surface area contributed by atoms with Crippen molar-refractivity contribution in [2.45, 2.75) is 26.3 Å². The summed E-state index contributed by atoms with van der Waals surface area (Å²) < 4.78 is 1.15. The molecule has 0 heterocycles. The van der Waals surface area contributed by atoms with Crippen molar-refractivity contribution in [3.8, 4) is 0 Å². The summed E-state index contributed by atoms with van der Waals surface area (Å²) in [4.78, 5) is 0. The predicted molar refractivity (Wildman–Crippen MR) is 60.8 cm³/mol. The van der Waals surface area contributed by atoms with Crippen LogP contribution in [0.4, 0.5) is 0 Å². The molecular weight excluding hydrogens is 226 g/mol. The van der Waals surface area contributed by atoms with Gasteiger partial charge in [0.2, 0.25) is 0 Å². The Bertz CT molecular complexity index is 248. The van der Waals surface area contributed by atoms with Crippen LogP contribution >= 0.6 is 15.9 Å². The fraction of sp³-hybridized carbons (Fsp3) is 0.455. The lowest BCUT2D eigenvalue weighted by Crippen LogP contribution is -2.14. The number of hydrogen-bond acceptors (Lipinski definition) is 1. The van der Waals surface area contributed by atoms with Crippen molar-refractivity contribution in [1.29, 1.82) is 0 Å². The molecule has 0 bridgehead atoms. The highest BCUT2D eigenvalue weighted by Crippen LogP contribution is 2.11. The van der Waals surface area contributed by atoms with Gasteiger partial charge in [0.05, 0.1) is 0 Å². The summed E-state index contributed by atoms with van der Waals surface area (Å²) in [6.07, 6.45) is 2.51. The molecule has 1 N–H and O–H groups in total. The van der Waals surface area contributed by atoms with Crippen LogP contribution < -0.4 is 5.32 Å². The summed E-state index contributed by atoms with van der Waals surface area (Å²) >= 11 is 3.46. The third-order valence-electron chi connectivity index (χ3n) is 1.93. The lowest BCUT2D eigenvalue weighted by atomic mass is 10.2. The van der Waals surface area contributed by atoms with Gasteiger partial charge >= 0.3 is 0 Å². The lowest BCUT2D eigenvalue weighted by Gasteiger charge is -2.03. The van der Waals surface area contributed by atoms with E-state index in [9.17, 15) is 0 Å². The molecular formula is C11H16BrN. The van der Waals surface area contributed by atoms with Crippen LogP contribution in [-0.2, 0) is 6.54 Å². The number of benzene rings is 1. The molecule has 13 heavy (non-hydrogen) atoms. The Morgan fingerprint density at radius 2 is 2.23 bits per heavy atom. The van der Waals surface area contributed by atoms with Crippen molar-refractivity contribution in [2.75, 3.05) is 6.54 Å². The van der Waals surface area contributed by atoms with Gasteiger partial charge in [-0.25, -0.2) is 0 Å². The zero-order valence-corrected chi connectivity index (χ0v) is 9.60. The van der Waals surface area contributed by atoms with Crippen molar-refractivity contribution in [2.24, 2.45) is 0 Å². The molecule has 0 amide bonds. The third kappa shape index (κ3) is 4.44. The summed E-state index contributed by atoms with van der Waals surface area (Å²) in [5.41, 5.74) is 1.34. The number of hydrogen-bond donors (Lipinski definition) is 1.